The molecule has 3 N–H and O–H groups in total. The molecule has 0 aromatic heterocycles. The van der Waals surface area contributed by atoms with Crippen molar-refractivity contribution in [3.63, 3.8) is 0 Å². The number of anilines is 1. The molecule has 9 heteroatoms. The monoisotopic (exact) mass is 393 g/mol. The lowest BCUT2D eigenvalue weighted by Gasteiger charge is -2.40. The Bertz CT molecular complexity index is 709. The summed E-state index contributed by atoms with van der Waals surface area (Å²) in [5, 5.41) is 8.91. The summed E-state index contributed by atoms with van der Waals surface area (Å²) < 4.78 is 18.2. The average molecular weight is 393 g/mol. The fourth-order valence-electron chi connectivity index (χ4n) is 2.44. The molecule has 1 fully saturated rings. The lowest BCUT2D eigenvalue weighted by atomic mass is 10.1. The quantitative estimate of drug-likeness (QED) is 0.525. The molecule has 0 saturated carbocycles. The molecule has 1 aliphatic rings. The minimum absolute atomic E-state index is 0.0329. The molecule has 0 bridgehead atoms. The van der Waals surface area contributed by atoms with Crippen LogP contribution in [0.1, 0.15) is 27.7 Å². The highest BCUT2D eigenvalue weighted by Gasteiger charge is 2.34. The van der Waals surface area contributed by atoms with Gasteiger partial charge in [0.15, 0.2) is 5.96 Å². The fourth-order valence-corrected chi connectivity index (χ4v) is 2.44. The zero-order chi connectivity index (χ0) is 20.7. The number of nitrogens with one attached hydrogen (secondary N) is 3. The third-order valence-corrected chi connectivity index (χ3v) is 3.73. The number of hydrogen-bond donors (Lipinski definition) is 3. The van der Waals surface area contributed by atoms with E-state index in [4.69, 9.17) is 4.74 Å². The van der Waals surface area contributed by atoms with E-state index in [2.05, 4.69) is 20.9 Å². The number of aliphatic imine (C=N–C) groups is 1. The number of guanidine groups is 1. The molecular formula is C19H28FN5O3. The van der Waals surface area contributed by atoms with Crippen LogP contribution in [0.25, 0.3) is 0 Å². The number of halogens is 1. The Hall–Kier alpha value is -2.84. The van der Waals surface area contributed by atoms with Gasteiger partial charge in [0.05, 0.1) is 6.04 Å². The summed E-state index contributed by atoms with van der Waals surface area (Å²) in [7, 11) is 0. The van der Waals surface area contributed by atoms with Gasteiger partial charge in [-0.05, 0) is 52.0 Å². The highest BCUT2D eigenvalue weighted by Crippen LogP contribution is 2.15. The van der Waals surface area contributed by atoms with E-state index in [1.54, 1.807) is 4.90 Å². The molecule has 0 aliphatic carbocycles. The van der Waals surface area contributed by atoms with E-state index in [0.717, 1.165) is 0 Å². The highest BCUT2D eigenvalue weighted by atomic mass is 19.1. The van der Waals surface area contributed by atoms with Crippen LogP contribution in [0.3, 0.4) is 0 Å². The summed E-state index contributed by atoms with van der Waals surface area (Å²) >= 11 is 0. The van der Waals surface area contributed by atoms with E-state index in [9.17, 15) is 14.0 Å². The first-order valence-electron chi connectivity index (χ1n) is 9.24. The Morgan fingerprint density at radius 1 is 1.25 bits per heavy atom. The van der Waals surface area contributed by atoms with Crippen LogP contribution in [0.4, 0.5) is 14.9 Å². The maximum atomic E-state index is 12.9. The van der Waals surface area contributed by atoms with Gasteiger partial charge in [0, 0.05) is 25.3 Å². The van der Waals surface area contributed by atoms with Gasteiger partial charge in [0.2, 0.25) is 5.91 Å². The second-order valence-electron chi connectivity index (χ2n) is 7.48. The number of rotatable bonds is 5. The molecule has 8 nitrogen and oxygen atoms in total. The van der Waals surface area contributed by atoms with Gasteiger partial charge in [0.25, 0.3) is 0 Å². The largest absolute Gasteiger partial charge is 0.444 e. The minimum atomic E-state index is -0.524. The Kier molecular flexibility index (Phi) is 7.19. The first kappa shape index (κ1) is 21.5. The van der Waals surface area contributed by atoms with Crippen LogP contribution in [-0.2, 0) is 9.53 Å². The van der Waals surface area contributed by atoms with E-state index in [1.807, 2.05) is 27.7 Å². The zero-order valence-corrected chi connectivity index (χ0v) is 16.7. The molecule has 0 unspecified atom stereocenters. The van der Waals surface area contributed by atoms with Crippen LogP contribution in [0.2, 0.25) is 0 Å². The summed E-state index contributed by atoms with van der Waals surface area (Å²) in [6, 6.07) is 5.56. The van der Waals surface area contributed by atoms with Crippen molar-refractivity contribution in [2.45, 2.75) is 39.3 Å². The molecule has 2 amide bonds. The summed E-state index contributed by atoms with van der Waals surface area (Å²) in [5.41, 5.74) is -0.0179. The lowest BCUT2D eigenvalue weighted by molar-refractivity contribution is -0.114. The van der Waals surface area contributed by atoms with E-state index in [-0.39, 0.29) is 30.4 Å². The number of benzene rings is 1. The lowest BCUT2D eigenvalue weighted by Crippen LogP contribution is -2.63. The van der Waals surface area contributed by atoms with Crippen LogP contribution in [0.15, 0.2) is 29.3 Å². The first-order valence-corrected chi connectivity index (χ1v) is 9.24. The highest BCUT2D eigenvalue weighted by molar-refractivity contribution is 5.94. The Balaban J connectivity index is 1.80. The molecule has 1 aliphatic heterocycles. The van der Waals surface area contributed by atoms with Crippen molar-refractivity contribution in [2.24, 2.45) is 4.99 Å². The van der Waals surface area contributed by atoms with Crippen LogP contribution in [0.5, 0.6) is 0 Å². The molecule has 1 aromatic carbocycles. The van der Waals surface area contributed by atoms with Crippen molar-refractivity contribution >= 4 is 23.6 Å². The smallest absolute Gasteiger partial charge is 0.410 e. The van der Waals surface area contributed by atoms with Gasteiger partial charge < -0.3 is 25.6 Å². The van der Waals surface area contributed by atoms with Crippen LogP contribution in [-0.4, -0.2) is 60.7 Å². The van der Waals surface area contributed by atoms with Crippen LogP contribution >= 0.6 is 0 Å². The maximum Gasteiger partial charge on any atom is 0.410 e. The maximum absolute atomic E-state index is 12.9. The predicted octanol–water partition coefficient (Wildman–Crippen LogP) is 1.94. The van der Waals surface area contributed by atoms with Crippen LogP contribution < -0.4 is 16.0 Å². The summed E-state index contributed by atoms with van der Waals surface area (Å²) in [6.45, 7) is 8.95. The number of hydrogen-bond acceptors (Lipinski definition) is 4. The number of likely N-dealkylation sites (tertiary alicyclic amines) is 1. The van der Waals surface area contributed by atoms with Gasteiger partial charge in [-0.3, -0.25) is 4.79 Å². The van der Waals surface area contributed by atoms with Gasteiger partial charge in [-0.15, -0.1) is 0 Å². The zero-order valence-electron chi connectivity index (χ0n) is 16.7. The number of nitrogens with zero attached hydrogens (tertiary/aromatic N) is 2. The van der Waals surface area contributed by atoms with Crippen LogP contribution in [0, 0.1) is 5.82 Å². The number of ether oxygens (including phenoxy) is 1. The summed E-state index contributed by atoms with van der Waals surface area (Å²) in [4.78, 5) is 29.8. The SMILES string of the molecule is CCNC(=NCC(=O)Nc1ccc(F)cc1)NC1CN(C(=O)OC(C)(C)C)C1. The summed E-state index contributed by atoms with van der Waals surface area (Å²) in [6.07, 6.45) is -0.342. The Labute approximate surface area is 164 Å². The average Bonchev–Trinajstić information content (AvgIpc) is 2.55. The van der Waals surface area contributed by atoms with E-state index < -0.39 is 5.60 Å². The molecule has 0 atom stereocenters. The van der Waals surface area contributed by atoms with Crippen molar-refractivity contribution in [1.29, 1.82) is 0 Å². The first-order chi connectivity index (χ1) is 13.2. The topological polar surface area (TPSA) is 95.1 Å². The number of carbonyl (C=O) groups is 2. The van der Waals surface area contributed by atoms with Gasteiger partial charge >= 0.3 is 6.09 Å². The number of carbonyl (C=O) groups excluding carboxylic acids is 2. The second kappa shape index (κ2) is 9.38. The van der Waals surface area contributed by atoms with Crippen molar-refractivity contribution in [3.8, 4) is 0 Å². The van der Waals surface area contributed by atoms with Crippen molar-refractivity contribution in [3.05, 3.63) is 30.1 Å². The van der Waals surface area contributed by atoms with Crippen molar-refractivity contribution in [2.75, 3.05) is 31.5 Å². The normalized spacial score (nSPS) is 14.9. The van der Waals surface area contributed by atoms with E-state index in [0.29, 0.717) is 31.3 Å². The molecule has 1 aromatic rings. The van der Waals surface area contributed by atoms with Crippen molar-refractivity contribution < 1.29 is 18.7 Å². The molecule has 28 heavy (non-hydrogen) atoms. The van der Waals surface area contributed by atoms with Gasteiger partial charge in [-0.25, -0.2) is 14.2 Å². The molecule has 154 valence electrons. The molecule has 1 saturated heterocycles. The summed E-state index contributed by atoms with van der Waals surface area (Å²) in [5.74, 6) is -0.186. The standard InChI is InChI=1S/C19H28FN5O3/c1-5-21-17(22-10-16(26)23-14-8-6-13(20)7-9-14)24-15-11-25(12-15)18(27)28-19(2,3)4/h6-9,15H,5,10-12H2,1-4H3,(H,23,26)(H2,21,22,24). The van der Waals surface area contributed by atoms with Crippen molar-refractivity contribution in [1.82, 2.24) is 15.5 Å². The van der Waals surface area contributed by atoms with E-state index >= 15 is 0 Å². The molecule has 2 rings (SSSR count). The minimum Gasteiger partial charge on any atom is -0.444 e. The van der Waals surface area contributed by atoms with E-state index in [1.165, 1.54) is 24.3 Å². The number of amides is 2. The molecular weight excluding hydrogens is 365 g/mol. The Morgan fingerprint density at radius 3 is 2.46 bits per heavy atom. The van der Waals surface area contributed by atoms with Gasteiger partial charge in [-0.1, -0.05) is 0 Å². The molecule has 1 heterocycles. The second-order valence-corrected chi connectivity index (χ2v) is 7.48. The van der Waals surface area contributed by atoms with Gasteiger partial charge in [-0.2, -0.15) is 0 Å². The predicted molar refractivity (Wildman–Crippen MR) is 106 cm³/mol. The molecule has 0 radical (unpaired) electrons. The fraction of sp³-hybridized carbons (Fsp3) is 0.526. The van der Waals surface area contributed by atoms with Gasteiger partial charge in [0.1, 0.15) is 18.0 Å². The third-order valence-electron chi connectivity index (χ3n) is 3.73. The Morgan fingerprint density at radius 2 is 1.89 bits per heavy atom. The molecule has 0 spiro atoms. The third kappa shape index (κ3) is 7.05.